The summed E-state index contributed by atoms with van der Waals surface area (Å²) in [5, 5.41) is 0. The lowest BCUT2D eigenvalue weighted by atomic mass is 10.2. The van der Waals surface area contributed by atoms with Gasteiger partial charge in [0.05, 0.1) is 12.8 Å². The van der Waals surface area contributed by atoms with Gasteiger partial charge < -0.3 is 14.5 Å². The molecule has 1 heterocycles. The number of benzene rings is 1. The van der Waals surface area contributed by atoms with Gasteiger partial charge in [0.25, 0.3) is 0 Å². The third kappa shape index (κ3) is 3.19. The molecule has 1 amide bonds. The van der Waals surface area contributed by atoms with Crippen molar-refractivity contribution in [2.75, 3.05) is 38.2 Å². The van der Waals surface area contributed by atoms with E-state index in [9.17, 15) is 4.79 Å². The van der Waals surface area contributed by atoms with E-state index in [0.29, 0.717) is 6.42 Å². The molecule has 0 saturated carbocycles. The van der Waals surface area contributed by atoms with Crippen molar-refractivity contribution in [1.29, 1.82) is 0 Å². The lowest BCUT2D eigenvalue weighted by Crippen LogP contribution is -2.48. The number of para-hydroxylation sites is 2. The first-order valence-electron chi connectivity index (χ1n) is 6.92. The van der Waals surface area contributed by atoms with Crippen LogP contribution in [0.5, 0.6) is 5.75 Å². The van der Waals surface area contributed by atoms with Crippen LogP contribution in [0.25, 0.3) is 0 Å². The lowest BCUT2D eigenvalue weighted by Gasteiger charge is -2.36. The summed E-state index contributed by atoms with van der Waals surface area (Å²) in [4.78, 5) is 16.1. The molecule has 1 aromatic carbocycles. The van der Waals surface area contributed by atoms with Crippen molar-refractivity contribution in [3.63, 3.8) is 0 Å². The molecule has 0 spiro atoms. The Labute approximate surface area is 115 Å². The van der Waals surface area contributed by atoms with Gasteiger partial charge in [-0.1, -0.05) is 19.1 Å². The van der Waals surface area contributed by atoms with E-state index in [2.05, 4.69) is 11.0 Å². The zero-order valence-electron chi connectivity index (χ0n) is 11.8. The molecule has 0 unspecified atom stereocenters. The third-order valence-corrected chi connectivity index (χ3v) is 3.52. The van der Waals surface area contributed by atoms with Gasteiger partial charge >= 0.3 is 0 Å². The van der Waals surface area contributed by atoms with Crippen molar-refractivity contribution < 1.29 is 9.53 Å². The molecular formula is C15H22N2O2. The Morgan fingerprint density at radius 1 is 1.21 bits per heavy atom. The van der Waals surface area contributed by atoms with Crippen LogP contribution >= 0.6 is 0 Å². The van der Waals surface area contributed by atoms with Crippen LogP contribution < -0.4 is 9.64 Å². The summed E-state index contributed by atoms with van der Waals surface area (Å²) in [6, 6.07) is 8.04. The lowest BCUT2D eigenvalue weighted by molar-refractivity contribution is -0.131. The fourth-order valence-electron chi connectivity index (χ4n) is 2.46. The summed E-state index contributed by atoms with van der Waals surface area (Å²) in [7, 11) is 1.69. The summed E-state index contributed by atoms with van der Waals surface area (Å²) in [5.41, 5.74) is 1.12. The van der Waals surface area contributed by atoms with Crippen molar-refractivity contribution in [2.45, 2.75) is 19.8 Å². The average molecular weight is 262 g/mol. The van der Waals surface area contributed by atoms with Gasteiger partial charge in [-0.2, -0.15) is 0 Å². The highest BCUT2D eigenvalue weighted by atomic mass is 16.5. The largest absolute Gasteiger partial charge is 0.495 e. The van der Waals surface area contributed by atoms with Crippen LogP contribution in [0.2, 0.25) is 0 Å². The molecule has 2 rings (SSSR count). The van der Waals surface area contributed by atoms with Gasteiger partial charge in [0.1, 0.15) is 5.75 Å². The first-order valence-corrected chi connectivity index (χ1v) is 6.92. The van der Waals surface area contributed by atoms with E-state index in [0.717, 1.165) is 44.0 Å². The number of ether oxygens (including phenoxy) is 1. The van der Waals surface area contributed by atoms with Crippen LogP contribution in [0.4, 0.5) is 5.69 Å². The summed E-state index contributed by atoms with van der Waals surface area (Å²) < 4.78 is 5.39. The summed E-state index contributed by atoms with van der Waals surface area (Å²) >= 11 is 0. The van der Waals surface area contributed by atoms with E-state index >= 15 is 0 Å². The van der Waals surface area contributed by atoms with Crippen LogP contribution in [-0.4, -0.2) is 44.1 Å². The molecule has 104 valence electrons. The standard InChI is InChI=1S/C15H22N2O2/c1-3-6-15(18)17-11-9-16(10-12-17)13-7-4-5-8-14(13)19-2/h4-5,7-8H,3,6,9-12H2,1-2H3. The molecule has 0 atom stereocenters. The summed E-state index contributed by atoms with van der Waals surface area (Å²) in [6.07, 6.45) is 1.58. The SMILES string of the molecule is CCCC(=O)N1CCN(c2ccccc2OC)CC1. The second-order valence-corrected chi connectivity index (χ2v) is 4.79. The molecule has 1 aliphatic rings. The Kier molecular flexibility index (Phi) is 4.66. The Morgan fingerprint density at radius 3 is 2.53 bits per heavy atom. The Hall–Kier alpha value is -1.71. The molecule has 1 fully saturated rings. The van der Waals surface area contributed by atoms with Crippen LogP contribution in [0, 0.1) is 0 Å². The van der Waals surface area contributed by atoms with Crippen molar-refractivity contribution in [1.82, 2.24) is 4.90 Å². The van der Waals surface area contributed by atoms with Crippen LogP contribution in [0.3, 0.4) is 0 Å². The molecule has 4 nitrogen and oxygen atoms in total. The molecule has 0 aromatic heterocycles. The second kappa shape index (κ2) is 6.45. The Balaban J connectivity index is 1.98. The first kappa shape index (κ1) is 13.7. The van der Waals surface area contributed by atoms with E-state index < -0.39 is 0 Å². The smallest absolute Gasteiger partial charge is 0.222 e. The molecular weight excluding hydrogens is 240 g/mol. The number of carbonyl (C=O) groups is 1. The molecule has 1 aromatic rings. The number of nitrogens with zero attached hydrogens (tertiary/aromatic N) is 2. The first-order chi connectivity index (χ1) is 9.26. The number of piperazine rings is 1. The van der Waals surface area contributed by atoms with Crippen LogP contribution in [0.15, 0.2) is 24.3 Å². The average Bonchev–Trinajstić information content (AvgIpc) is 2.47. The van der Waals surface area contributed by atoms with Crippen LogP contribution in [0.1, 0.15) is 19.8 Å². The van der Waals surface area contributed by atoms with Gasteiger partial charge in [-0.15, -0.1) is 0 Å². The molecule has 0 N–H and O–H groups in total. The zero-order chi connectivity index (χ0) is 13.7. The van der Waals surface area contributed by atoms with E-state index in [4.69, 9.17) is 4.74 Å². The topological polar surface area (TPSA) is 32.8 Å². The number of methoxy groups -OCH3 is 1. The molecule has 19 heavy (non-hydrogen) atoms. The van der Waals surface area contributed by atoms with Crippen molar-refractivity contribution in [2.24, 2.45) is 0 Å². The number of anilines is 1. The number of carbonyl (C=O) groups excluding carboxylic acids is 1. The van der Waals surface area contributed by atoms with Gasteiger partial charge in [0.15, 0.2) is 0 Å². The second-order valence-electron chi connectivity index (χ2n) is 4.79. The number of amides is 1. The van der Waals surface area contributed by atoms with Gasteiger partial charge in [-0.3, -0.25) is 4.79 Å². The number of hydrogen-bond donors (Lipinski definition) is 0. The van der Waals surface area contributed by atoms with Crippen molar-refractivity contribution in [3.8, 4) is 5.75 Å². The third-order valence-electron chi connectivity index (χ3n) is 3.52. The minimum Gasteiger partial charge on any atom is -0.495 e. The van der Waals surface area contributed by atoms with E-state index in [1.54, 1.807) is 7.11 Å². The fourth-order valence-corrected chi connectivity index (χ4v) is 2.46. The predicted molar refractivity (Wildman–Crippen MR) is 76.7 cm³/mol. The zero-order valence-corrected chi connectivity index (χ0v) is 11.8. The Bertz CT molecular complexity index is 426. The normalized spacial score (nSPS) is 15.5. The minimum atomic E-state index is 0.280. The van der Waals surface area contributed by atoms with E-state index in [1.807, 2.05) is 30.0 Å². The van der Waals surface area contributed by atoms with Crippen molar-refractivity contribution >= 4 is 11.6 Å². The monoisotopic (exact) mass is 262 g/mol. The minimum absolute atomic E-state index is 0.280. The quantitative estimate of drug-likeness (QED) is 0.833. The van der Waals surface area contributed by atoms with E-state index in [1.165, 1.54) is 0 Å². The number of hydrogen-bond acceptors (Lipinski definition) is 3. The molecule has 0 bridgehead atoms. The highest BCUT2D eigenvalue weighted by molar-refractivity contribution is 5.76. The maximum Gasteiger partial charge on any atom is 0.222 e. The maximum absolute atomic E-state index is 11.8. The molecule has 0 aliphatic carbocycles. The molecule has 0 radical (unpaired) electrons. The van der Waals surface area contributed by atoms with Gasteiger partial charge in [-0.05, 0) is 18.6 Å². The Morgan fingerprint density at radius 2 is 1.89 bits per heavy atom. The predicted octanol–water partition coefficient (Wildman–Crippen LogP) is 2.14. The highest BCUT2D eigenvalue weighted by Crippen LogP contribution is 2.28. The van der Waals surface area contributed by atoms with E-state index in [-0.39, 0.29) is 5.91 Å². The van der Waals surface area contributed by atoms with Gasteiger partial charge in [0.2, 0.25) is 5.91 Å². The maximum atomic E-state index is 11.8. The molecule has 1 saturated heterocycles. The summed E-state index contributed by atoms with van der Waals surface area (Å²) in [5.74, 6) is 1.18. The molecule has 1 aliphatic heterocycles. The van der Waals surface area contributed by atoms with Crippen LogP contribution in [-0.2, 0) is 4.79 Å². The number of rotatable bonds is 4. The van der Waals surface area contributed by atoms with Gasteiger partial charge in [-0.25, -0.2) is 0 Å². The summed E-state index contributed by atoms with van der Waals surface area (Å²) in [6.45, 7) is 5.39. The van der Waals surface area contributed by atoms with Crippen molar-refractivity contribution in [3.05, 3.63) is 24.3 Å². The highest BCUT2D eigenvalue weighted by Gasteiger charge is 2.21. The van der Waals surface area contributed by atoms with Gasteiger partial charge in [0, 0.05) is 32.6 Å². The molecule has 4 heteroatoms. The fraction of sp³-hybridized carbons (Fsp3) is 0.533.